The Balaban J connectivity index is 2.37. The quantitative estimate of drug-likeness (QED) is 0.838. The minimum Gasteiger partial charge on any atom is -0.370 e. The van der Waals surface area contributed by atoms with Crippen LogP contribution in [-0.4, -0.2) is 13.1 Å². The molecule has 0 atom stereocenters. The van der Waals surface area contributed by atoms with Crippen LogP contribution in [0.4, 0.5) is 24.5 Å². The summed E-state index contributed by atoms with van der Waals surface area (Å²) in [4.78, 5) is 2.02. The average molecular weight is 334 g/mol. The molecule has 0 bridgehead atoms. The maximum Gasteiger partial charge on any atom is 0.416 e. The molecule has 0 radical (unpaired) electrons. The fourth-order valence-electron chi connectivity index (χ4n) is 2.59. The molecule has 2 rings (SSSR count). The zero-order valence-electron chi connectivity index (χ0n) is 13.2. The maximum atomic E-state index is 13.0. The number of nitrogens with one attached hydrogen (secondary N) is 1. The van der Waals surface area contributed by atoms with Gasteiger partial charge < -0.3 is 10.2 Å². The van der Waals surface area contributed by atoms with Crippen molar-refractivity contribution in [2.45, 2.75) is 25.9 Å². The molecule has 1 aromatic rings. The van der Waals surface area contributed by atoms with E-state index >= 15 is 0 Å². The Morgan fingerprint density at radius 2 is 1.88 bits per heavy atom. The van der Waals surface area contributed by atoms with Crippen molar-refractivity contribution < 1.29 is 13.2 Å². The van der Waals surface area contributed by atoms with Gasteiger partial charge in [-0.05, 0) is 37.0 Å². The van der Waals surface area contributed by atoms with Gasteiger partial charge in [-0.25, -0.2) is 0 Å². The molecule has 0 spiro atoms. The minimum atomic E-state index is -4.46. The third kappa shape index (κ3) is 4.20. The first-order chi connectivity index (χ1) is 11.3. The fraction of sp³-hybridized carbons (Fsp3) is 0.412. The van der Waals surface area contributed by atoms with Gasteiger partial charge in [0.1, 0.15) is 17.7 Å². The number of rotatable bonds is 3. The van der Waals surface area contributed by atoms with Crippen LogP contribution in [0.15, 0.2) is 30.0 Å². The van der Waals surface area contributed by atoms with E-state index < -0.39 is 11.7 Å². The summed E-state index contributed by atoms with van der Waals surface area (Å²) in [6, 6.07) is 6.85. The summed E-state index contributed by atoms with van der Waals surface area (Å²) >= 11 is 0. The van der Waals surface area contributed by atoms with Crippen LogP contribution in [0.2, 0.25) is 0 Å². The van der Waals surface area contributed by atoms with Crippen LogP contribution in [0, 0.1) is 28.6 Å². The van der Waals surface area contributed by atoms with E-state index in [1.807, 2.05) is 4.90 Å². The molecule has 0 aromatic heterocycles. The first kappa shape index (κ1) is 17.7. The molecule has 4 nitrogen and oxygen atoms in total. The highest BCUT2D eigenvalue weighted by Gasteiger charge is 2.31. The maximum absolute atomic E-state index is 13.0. The van der Waals surface area contributed by atoms with Gasteiger partial charge in [0.05, 0.1) is 16.9 Å². The molecule has 1 fully saturated rings. The molecule has 24 heavy (non-hydrogen) atoms. The SMILES string of the molecule is CC1CCN(c2ccc(C(F)(F)F)cc2NC=C(C#N)C#N)CC1. The van der Waals surface area contributed by atoms with E-state index in [-0.39, 0.29) is 11.3 Å². The molecular formula is C17H17F3N4. The number of nitriles is 2. The third-order valence-corrected chi connectivity index (χ3v) is 4.06. The van der Waals surface area contributed by atoms with Crippen molar-refractivity contribution in [1.29, 1.82) is 10.5 Å². The second-order valence-corrected chi connectivity index (χ2v) is 5.83. The van der Waals surface area contributed by atoms with E-state index in [4.69, 9.17) is 10.5 Å². The Labute approximate surface area is 138 Å². The minimum absolute atomic E-state index is 0.203. The predicted molar refractivity (Wildman–Crippen MR) is 85.0 cm³/mol. The largest absolute Gasteiger partial charge is 0.416 e. The normalized spacial score (nSPS) is 15.3. The summed E-state index contributed by atoms with van der Waals surface area (Å²) in [7, 11) is 0. The number of halogens is 3. The Hall–Kier alpha value is -2.67. The molecule has 1 aromatic carbocycles. The summed E-state index contributed by atoms with van der Waals surface area (Å²) < 4.78 is 38.9. The highest BCUT2D eigenvalue weighted by molar-refractivity contribution is 5.72. The lowest BCUT2D eigenvalue weighted by atomic mass is 9.98. The Morgan fingerprint density at radius 1 is 1.25 bits per heavy atom. The van der Waals surface area contributed by atoms with Crippen molar-refractivity contribution in [1.82, 2.24) is 0 Å². The summed E-state index contributed by atoms with van der Waals surface area (Å²) in [6.07, 6.45) is -1.39. The van der Waals surface area contributed by atoms with Crippen molar-refractivity contribution in [2.24, 2.45) is 5.92 Å². The molecule has 1 heterocycles. The summed E-state index contributed by atoms with van der Waals surface area (Å²) in [5, 5.41) is 20.2. The number of hydrogen-bond donors (Lipinski definition) is 1. The number of anilines is 2. The van der Waals surface area contributed by atoms with Crippen LogP contribution in [0.1, 0.15) is 25.3 Å². The highest BCUT2D eigenvalue weighted by Crippen LogP contribution is 2.36. The van der Waals surface area contributed by atoms with E-state index in [0.717, 1.165) is 44.3 Å². The lowest BCUT2D eigenvalue weighted by Crippen LogP contribution is -2.33. The monoisotopic (exact) mass is 334 g/mol. The summed E-state index contributed by atoms with van der Waals surface area (Å²) in [5.74, 6) is 0.593. The van der Waals surface area contributed by atoms with E-state index in [2.05, 4.69) is 12.2 Å². The number of nitrogens with zero attached hydrogens (tertiary/aromatic N) is 3. The van der Waals surface area contributed by atoms with Gasteiger partial charge in [0.15, 0.2) is 0 Å². The molecule has 0 amide bonds. The smallest absolute Gasteiger partial charge is 0.370 e. The van der Waals surface area contributed by atoms with E-state index in [0.29, 0.717) is 11.6 Å². The molecule has 0 aliphatic carbocycles. The lowest BCUT2D eigenvalue weighted by molar-refractivity contribution is -0.137. The van der Waals surface area contributed by atoms with Gasteiger partial charge in [-0.15, -0.1) is 0 Å². The average Bonchev–Trinajstić information content (AvgIpc) is 2.55. The van der Waals surface area contributed by atoms with Crippen LogP contribution in [-0.2, 0) is 6.18 Å². The fourth-order valence-corrected chi connectivity index (χ4v) is 2.59. The van der Waals surface area contributed by atoms with Crippen molar-refractivity contribution in [3.05, 3.63) is 35.5 Å². The number of piperidine rings is 1. The van der Waals surface area contributed by atoms with Crippen molar-refractivity contribution in [3.63, 3.8) is 0 Å². The summed E-state index contributed by atoms with van der Waals surface area (Å²) in [5.41, 5.74) is -0.0996. The predicted octanol–water partition coefficient (Wildman–Crippen LogP) is 4.28. The van der Waals surface area contributed by atoms with Gasteiger partial charge in [-0.1, -0.05) is 6.92 Å². The topological polar surface area (TPSA) is 62.9 Å². The molecular weight excluding hydrogens is 317 g/mol. The van der Waals surface area contributed by atoms with Gasteiger partial charge in [0.25, 0.3) is 0 Å². The first-order valence-electron chi connectivity index (χ1n) is 7.58. The van der Waals surface area contributed by atoms with Crippen molar-refractivity contribution in [2.75, 3.05) is 23.3 Å². The second kappa shape index (κ2) is 7.27. The van der Waals surface area contributed by atoms with E-state index in [9.17, 15) is 13.2 Å². The molecule has 0 saturated carbocycles. The molecule has 1 saturated heterocycles. The van der Waals surface area contributed by atoms with Gasteiger partial charge in [-0.2, -0.15) is 23.7 Å². The zero-order chi connectivity index (χ0) is 17.7. The number of allylic oxidation sites excluding steroid dienone is 1. The van der Waals surface area contributed by atoms with Crippen LogP contribution < -0.4 is 10.2 Å². The lowest BCUT2D eigenvalue weighted by Gasteiger charge is -2.33. The molecule has 1 aliphatic rings. The summed E-state index contributed by atoms with van der Waals surface area (Å²) in [6.45, 7) is 3.67. The molecule has 126 valence electrons. The van der Waals surface area contributed by atoms with Crippen molar-refractivity contribution >= 4 is 11.4 Å². The standard InChI is InChI=1S/C17H17F3N4/c1-12-4-6-24(7-5-12)16-3-2-14(17(18,19)20)8-15(16)23-11-13(9-21)10-22/h2-3,8,11-12,23H,4-7H2,1H3. The van der Waals surface area contributed by atoms with E-state index in [1.165, 1.54) is 6.07 Å². The Kier molecular flexibility index (Phi) is 5.35. The van der Waals surface area contributed by atoms with Gasteiger partial charge in [-0.3, -0.25) is 0 Å². The van der Waals surface area contributed by atoms with Crippen LogP contribution in [0.25, 0.3) is 0 Å². The first-order valence-corrected chi connectivity index (χ1v) is 7.58. The van der Waals surface area contributed by atoms with Crippen LogP contribution in [0.3, 0.4) is 0 Å². The number of benzene rings is 1. The van der Waals surface area contributed by atoms with Crippen LogP contribution in [0.5, 0.6) is 0 Å². The van der Waals surface area contributed by atoms with Crippen molar-refractivity contribution in [3.8, 4) is 12.1 Å². The van der Waals surface area contributed by atoms with Crippen LogP contribution >= 0.6 is 0 Å². The second-order valence-electron chi connectivity index (χ2n) is 5.83. The zero-order valence-corrected chi connectivity index (χ0v) is 13.2. The number of hydrogen-bond acceptors (Lipinski definition) is 4. The Morgan fingerprint density at radius 3 is 2.42 bits per heavy atom. The highest BCUT2D eigenvalue weighted by atomic mass is 19.4. The Bertz CT molecular complexity index is 686. The van der Waals surface area contributed by atoms with Gasteiger partial charge in [0.2, 0.25) is 0 Å². The third-order valence-electron chi connectivity index (χ3n) is 4.06. The van der Waals surface area contributed by atoms with Gasteiger partial charge >= 0.3 is 6.18 Å². The molecule has 1 aliphatic heterocycles. The number of alkyl halides is 3. The van der Waals surface area contributed by atoms with Gasteiger partial charge in [0, 0.05) is 19.3 Å². The molecule has 1 N–H and O–H groups in total. The molecule has 7 heteroatoms. The molecule has 0 unspecified atom stereocenters. The van der Waals surface area contributed by atoms with E-state index in [1.54, 1.807) is 12.1 Å².